The highest BCUT2D eigenvalue weighted by Crippen LogP contribution is 2.35. The van der Waals surface area contributed by atoms with Gasteiger partial charge in [0.05, 0.1) is 0 Å². The van der Waals surface area contributed by atoms with E-state index in [1.807, 2.05) is 35.6 Å². The monoisotopic (exact) mass is 401 g/mol. The van der Waals surface area contributed by atoms with Gasteiger partial charge in [-0.05, 0) is 67.7 Å². The maximum absolute atomic E-state index is 12.5. The Morgan fingerprint density at radius 3 is 2.56 bits per heavy atom. The van der Waals surface area contributed by atoms with Crippen molar-refractivity contribution in [2.24, 2.45) is 0 Å². The molecule has 0 aliphatic carbocycles. The van der Waals surface area contributed by atoms with Gasteiger partial charge in [0, 0.05) is 40.1 Å². The Kier molecular flexibility index (Phi) is 6.05. The van der Waals surface area contributed by atoms with Crippen LogP contribution in [0.25, 0.3) is 0 Å². The van der Waals surface area contributed by atoms with Gasteiger partial charge in [-0.25, -0.2) is 4.79 Å². The van der Waals surface area contributed by atoms with Crippen LogP contribution >= 0.6 is 23.1 Å². The quantitative estimate of drug-likeness (QED) is 0.679. The summed E-state index contributed by atoms with van der Waals surface area (Å²) in [5, 5.41) is 8.37. The van der Waals surface area contributed by atoms with Crippen molar-refractivity contribution < 1.29 is 4.79 Å². The van der Waals surface area contributed by atoms with Crippen molar-refractivity contribution in [1.29, 1.82) is 0 Å². The Balaban J connectivity index is 1.33. The molecule has 6 heteroatoms. The summed E-state index contributed by atoms with van der Waals surface area (Å²) in [7, 11) is 0. The van der Waals surface area contributed by atoms with Crippen molar-refractivity contribution >= 4 is 34.8 Å². The largest absolute Gasteiger partial charge is 0.335 e. The third-order valence-corrected chi connectivity index (χ3v) is 7.33. The molecule has 0 spiro atoms. The van der Waals surface area contributed by atoms with Gasteiger partial charge in [0.2, 0.25) is 0 Å². The molecule has 0 radical (unpaired) electrons. The molecule has 2 fully saturated rings. The van der Waals surface area contributed by atoms with Crippen LogP contribution in [-0.4, -0.2) is 35.3 Å². The summed E-state index contributed by atoms with van der Waals surface area (Å²) in [6.45, 7) is 1.06. The van der Waals surface area contributed by atoms with Gasteiger partial charge in [-0.2, -0.15) is 0 Å². The summed E-state index contributed by atoms with van der Waals surface area (Å²) in [5.74, 6) is 0. The van der Waals surface area contributed by atoms with Crippen molar-refractivity contribution in [3.05, 3.63) is 46.7 Å². The van der Waals surface area contributed by atoms with E-state index in [1.54, 1.807) is 11.8 Å². The molecule has 1 aromatic carbocycles. The summed E-state index contributed by atoms with van der Waals surface area (Å²) < 4.78 is 0. The van der Waals surface area contributed by atoms with E-state index in [4.69, 9.17) is 0 Å². The topological polar surface area (TPSA) is 44.4 Å². The zero-order valence-corrected chi connectivity index (χ0v) is 17.3. The number of carbonyl (C=O) groups excluding carboxylic acids is 1. The highest BCUT2D eigenvalue weighted by atomic mass is 32.2. The second-order valence-electron chi connectivity index (χ2n) is 7.49. The van der Waals surface area contributed by atoms with Gasteiger partial charge in [-0.1, -0.05) is 12.5 Å². The lowest BCUT2D eigenvalue weighted by atomic mass is 9.81. The molecular formula is C21H27N3OS2. The van der Waals surface area contributed by atoms with E-state index in [0.29, 0.717) is 12.1 Å². The highest BCUT2D eigenvalue weighted by Gasteiger charge is 2.38. The summed E-state index contributed by atoms with van der Waals surface area (Å²) in [6, 6.07) is 13.7. The molecule has 2 unspecified atom stereocenters. The number of hydrogen-bond donors (Lipinski definition) is 2. The van der Waals surface area contributed by atoms with Crippen LogP contribution < -0.4 is 10.6 Å². The molecule has 3 heterocycles. The molecule has 2 aromatic rings. The lowest BCUT2D eigenvalue weighted by Gasteiger charge is -2.48. The first kappa shape index (κ1) is 18.8. The predicted octanol–water partition coefficient (Wildman–Crippen LogP) is 5.18. The number of hydrogen-bond acceptors (Lipinski definition) is 4. The fourth-order valence-electron chi connectivity index (χ4n) is 4.46. The van der Waals surface area contributed by atoms with E-state index in [2.05, 4.69) is 39.3 Å². The first-order valence-corrected chi connectivity index (χ1v) is 11.8. The number of thiophene rings is 1. The van der Waals surface area contributed by atoms with Gasteiger partial charge >= 0.3 is 6.03 Å². The van der Waals surface area contributed by atoms with Crippen molar-refractivity contribution in [3.63, 3.8) is 0 Å². The van der Waals surface area contributed by atoms with E-state index in [1.165, 1.54) is 29.0 Å². The van der Waals surface area contributed by atoms with Gasteiger partial charge in [0.1, 0.15) is 0 Å². The number of amides is 2. The molecular weight excluding hydrogens is 374 g/mol. The molecule has 2 bridgehead atoms. The normalized spacial score (nSPS) is 25.1. The Morgan fingerprint density at radius 2 is 1.93 bits per heavy atom. The summed E-state index contributed by atoms with van der Waals surface area (Å²) >= 11 is 3.55. The molecule has 2 aliphatic heterocycles. The van der Waals surface area contributed by atoms with E-state index in [-0.39, 0.29) is 12.1 Å². The number of thioether (sulfide) groups is 1. The molecule has 27 heavy (non-hydrogen) atoms. The van der Waals surface area contributed by atoms with E-state index in [9.17, 15) is 4.79 Å². The smallest absolute Gasteiger partial charge is 0.319 e. The molecule has 4 rings (SSSR count). The number of piperidine rings is 2. The van der Waals surface area contributed by atoms with Gasteiger partial charge in [-0.15, -0.1) is 23.1 Å². The second kappa shape index (κ2) is 8.67. The standard InChI is InChI=1S/C21H27N3OS2/c1-26-19-9-7-15(8-10-19)22-21(25)23-16-12-17-4-2-5-18(13-16)24(17)14-20-6-3-11-27-20/h3,6-11,16-18H,2,4-5,12-14H2,1H3,(H2,22,23,25). The summed E-state index contributed by atoms with van der Waals surface area (Å²) in [5.41, 5.74) is 0.848. The molecule has 2 amide bonds. The van der Waals surface area contributed by atoms with Gasteiger partial charge < -0.3 is 10.6 Å². The SMILES string of the molecule is CSc1ccc(NC(=O)NC2CC3CCCC(C2)N3Cc2cccs2)cc1. The molecule has 2 N–H and O–H groups in total. The lowest BCUT2D eigenvalue weighted by molar-refractivity contribution is 0.0208. The Morgan fingerprint density at radius 1 is 1.19 bits per heavy atom. The third kappa shape index (κ3) is 4.68. The molecule has 2 saturated heterocycles. The van der Waals surface area contributed by atoms with Crippen LogP contribution in [0.5, 0.6) is 0 Å². The Hall–Kier alpha value is -1.50. The summed E-state index contributed by atoms with van der Waals surface area (Å²) in [4.78, 5) is 17.8. The fourth-order valence-corrected chi connectivity index (χ4v) is 5.58. The van der Waals surface area contributed by atoms with Crippen molar-refractivity contribution in [3.8, 4) is 0 Å². The molecule has 1 aromatic heterocycles. The Bertz CT molecular complexity index is 733. The minimum absolute atomic E-state index is 0.0818. The highest BCUT2D eigenvalue weighted by molar-refractivity contribution is 7.98. The van der Waals surface area contributed by atoms with Gasteiger partial charge in [0.25, 0.3) is 0 Å². The van der Waals surface area contributed by atoms with Crippen LogP contribution in [0, 0.1) is 0 Å². The Labute approximate surface area is 169 Å². The van der Waals surface area contributed by atoms with Gasteiger partial charge in [-0.3, -0.25) is 4.90 Å². The van der Waals surface area contributed by atoms with E-state index < -0.39 is 0 Å². The first-order valence-electron chi connectivity index (χ1n) is 9.71. The van der Waals surface area contributed by atoms with Crippen LogP contribution in [0.2, 0.25) is 0 Å². The van der Waals surface area contributed by atoms with Crippen LogP contribution in [0.1, 0.15) is 37.0 Å². The average Bonchev–Trinajstić information content (AvgIpc) is 3.16. The van der Waals surface area contributed by atoms with Crippen molar-refractivity contribution in [2.75, 3.05) is 11.6 Å². The van der Waals surface area contributed by atoms with E-state index >= 15 is 0 Å². The molecule has 2 atom stereocenters. The zero-order chi connectivity index (χ0) is 18.6. The number of nitrogens with zero attached hydrogens (tertiary/aromatic N) is 1. The maximum Gasteiger partial charge on any atom is 0.319 e. The maximum atomic E-state index is 12.5. The zero-order valence-electron chi connectivity index (χ0n) is 15.7. The van der Waals surface area contributed by atoms with E-state index in [0.717, 1.165) is 25.1 Å². The number of urea groups is 1. The number of anilines is 1. The van der Waals surface area contributed by atoms with Crippen LogP contribution in [0.3, 0.4) is 0 Å². The number of carbonyl (C=O) groups is 1. The minimum atomic E-state index is -0.0818. The molecule has 0 saturated carbocycles. The van der Waals surface area contributed by atoms with Gasteiger partial charge in [0.15, 0.2) is 0 Å². The number of fused-ring (bicyclic) bond motifs is 2. The van der Waals surface area contributed by atoms with Crippen LogP contribution in [0.15, 0.2) is 46.7 Å². The molecule has 144 valence electrons. The fraction of sp³-hybridized carbons (Fsp3) is 0.476. The number of nitrogens with one attached hydrogen (secondary N) is 2. The average molecular weight is 402 g/mol. The number of benzene rings is 1. The first-order chi connectivity index (χ1) is 13.2. The lowest BCUT2D eigenvalue weighted by Crippen LogP contribution is -2.56. The number of rotatable bonds is 5. The summed E-state index contributed by atoms with van der Waals surface area (Å²) in [6.07, 6.45) is 7.98. The van der Waals surface area contributed by atoms with Crippen LogP contribution in [0.4, 0.5) is 10.5 Å². The molecule has 2 aliphatic rings. The molecule has 4 nitrogen and oxygen atoms in total. The van der Waals surface area contributed by atoms with Crippen molar-refractivity contribution in [1.82, 2.24) is 10.2 Å². The minimum Gasteiger partial charge on any atom is -0.335 e. The predicted molar refractivity (Wildman–Crippen MR) is 115 cm³/mol. The van der Waals surface area contributed by atoms with Crippen molar-refractivity contribution in [2.45, 2.75) is 61.7 Å². The van der Waals surface area contributed by atoms with Crippen LogP contribution in [-0.2, 0) is 6.54 Å². The second-order valence-corrected chi connectivity index (χ2v) is 9.40. The third-order valence-electron chi connectivity index (χ3n) is 5.73.